The highest BCUT2D eigenvalue weighted by atomic mass is 16.8. The van der Waals surface area contributed by atoms with Crippen molar-refractivity contribution in [3.63, 3.8) is 0 Å². The lowest BCUT2D eigenvalue weighted by atomic mass is 9.94. The summed E-state index contributed by atoms with van der Waals surface area (Å²) in [5.74, 6) is -4.25. The summed E-state index contributed by atoms with van der Waals surface area (Å²) in [6, 6.07) is -8.77. The Bertz CT molecular complexity index is 2770. The Morgan fingerprint density at radius 1 is 0.250 bits per heavy atom. The molecule has 104 heavy (non-hydrogen) atoms. The predicted molar refractivity (Wildman–Crippen MR) is 322 cm³/mol. The number of carbonyl (C=O) groups is 5. The zero-order chi connectivity index (χ0) is 76.8. The van der Waals surface area contributed by atoms with Crippen molar-refractivity contribution in [1.29, 1.82) is 0 Å². The van der Waals surface area contributed by atoms with Crippen LogP contribution in [0.2, 0.25) is 0 Å². The number of aliphatic hydroxyl groups is 21. The number of aliphatic hydroxyl groups excluding tert-OH is 21. The van der Waals surface area contributed by atoms with Gasteiger partial charge in [-0.25, -0.2) is 0 Å². The highest BCUT2D eigenvalue weighted by Gasteiger charge is 2.60. The van der Waals surface area contributed by atoms with Gasteiger partial charge in [-0.05, 0) is 0 Å². The summed E-state index contributed by atoms with van der Waals surface area (Å²) in [5.41, 5.74) is 0. The van der Waals surface area contributed by atoms with Crippen molar-refractivity contribution < 1.29 is 202 Å². The maximum atomic E-state index is 12.7. The number of hydrogen-bond acceptors (Lipinski definition) is 41. The lowest BCUT2D eigenvalue weighted by molar-refractivity contribution is -0.402. The van der Waals surface area contributed by atoms with Crippen LogP contribution in [-0.2, 0) is 95.0 Å². The first-order valence-corrected chi connectivity index (χ1v) is 33.1. The molecule has 26 N–H and O–H groups in total. The third-order valence-electron chi connectivity index (χ3n) is 18.6. The Morgan fingerprint density at radius 3 is 0.933 bits per heavy atom. The van der Waals surface area contributed by atoms with Crippen molar-refractivity contribution in [2.45, 2.75) is 280 Å². The topological polar surface area (TPSA) is 709 Å². The van der Waals surface area contributed by atoms with E-state index in [1.165, 1.54) is 0 Å². The predicted octanol–water partition coefficient (Wildman–Crippen LogP) is -17.7. The van der Waals surface area contributed by atoms with E-state index in [0.29, 0.717) is 0 Å². The van der Waals surface area contributed by atoms with E-state index in [4.69, 9.17) is 71.1 Å². The largest absolute Gasteiger partial charge is 0.394 e. The van der Waals surface area contributed by atoms with E-state index in [2.05, 4.69) is 26.6 Å². The molecule has 8 aliphatic heterocycles. The Labute approximate surface area is 589 Å². The fraction of sp³-hybridized carbons (Fsp3) is 0.914. The second-order valence-electron chi connectivity index (χ2n) is 26.1. The number of ether oxygens (including phenoxy) is 15. The monoisotopic (exact) mass is 1520 g/mol. The third-order valence-corrected chi connectivity index (χ3v) is 18.6. The van der Waals surface area contributed by atoms with Gasteiger partial charge in [0, 0.05) is 34.6 Å². The average Bonchev–Trinajstić information content (AvgIpc) is 0.766. The molecule has 0 aromatic rings. The van der Waals surface area contributed by atoms with E-state index in [1.54, 1.807) is 0 Å². The average molecular weight is 1520 g/mol. The Kier molecular flexibility index (Phi) is 30.9. The second kappa shape index (κ2) is 37.5. The smallest absolute Gasteiger partial charge is 0.217 e. The van der Waals surface area contributed by atoms with Crippen molar-refractivity contribution in [3.8, 4) is 0 Å². The van der Waals surface area contributed by atoms with Gasteiger partial charge in [0.2, 0.25) is 29.5 Å². The van der Waals surface area contributed by atoms with Gasteiger partial charge in [0.15, 0.2) is 50.3 Å². The van der Waals surface area contributed by atoms with Crippen LogP contribution >= 0.6 is 0 Å². The molecule has 0 spiro atoms. The summed E-state index contributed by atoms with van der Waals surface area (Å²) in [6.07, 6.45) is -72.3. The summed E-state index contributed by atoms with van der Waals surface area (Å²) in [4.78, 5) is 62.4. The molecule has 40 atom stereocenters. The molecule has 0 aromatic heterocycles. The van der Waals surface area contributed by atoms with Crippen LogP contribution in [0.25, 0.3) is 0 Å². The number of hydrogen-bond donors (Lipinski definition) is 26. The van der Waals surface area contributed by atoms with Gasteiger partial charge in [-0.2, -0.15) is 0 Å². The number of amides is 5. The van der Waals surface area contributed by atoms with Crippen molar-refractivity contribution in [1.82, 2.24) is 26.6 Å². The highest BCUT2D eigenvalue weighted by Crippen LogP contribution is 2.39. The lowest BCUT2D eigenvalue weighted by Crippen LogP contribution is -2.70. The second-order valence-corrected chi connectivity index (χ2v) is 26.1. The first kappa shape index (κ1) is 85.5. The molecule has 0 aromatic carbocycles. The molecule has 8 saturated heterocycles. The fourth-order valence-corrected chi connectivity index (χ4v) is 13.3. The van der Waals surface area contributed by atoms with Crippen molar-refractivity contribution in [2.24, 2.45) is 0 Å². The minimum atomic E-state index is -2.53. The number of carbonyl (C=O) groups excluding carboxylic acids is 5. The maximum Gasteiger partial charge on any atom is 0.217 e. The van der Waals surface area contributed by atoms with Gasteiger partial charge in [-0.3, -0.25) is 24.0 Å². The van der Waals surface area contributed by atoms with Crippen molar-refractivity contribution in [2.75, 3.05) is 52.9 Å². The van der Waals surface area contributed by atoms with Crippen molar-refractivity contribution >= 4 is 29.5 Å². The van der Waals surface area contributed by atoms with Gasteiger partial charge in [0.25, 0.3) is 0 Å². The molecular formula is C58H97N5O41. The minimum absolute atomic E-state index is 0.783. The highest BCUT2D eigenvalue weighted by molar-refractivity contribution is 5.75. The summed E-state index contributed by atoms with van der Waals surface area (Å²) in [6.45, 7) is -3.51. The van der Waals surface area contributed by atoms with Gasteiger partial charge < -0.3 is 205 Å². The van der Waals surface area contributed by atoms with E-state index in [0.717, 1.165) is 34.6 Å². The van der Waals surface area contributed by atoms with Crippen LogP contribution in [0, 0.1) is 0 Å². The zero-order valence-corrected chi connectivity index (χ0v) is 56.3. The van der Waals surface area contributed by atoms with E-state index in [1.807, 2.05) is 0 Å². The molecule has 46 heteroatoms. The molecule has 46 nitrogen and oxygen atoms in total. The third kappa shape index (κ3) is 19.4. The maximum absolute atomic E-state index is 12.7. The SMILES string of the molecule is CC(=O)N[C@H]1[C@H](OC[C@H]2O[C@H](OC[C@H]3O[C@@H](O[C@H]4[C@H](O)[C@@H](NC(C)=O)C(O)O[C@@H]4CO)[C@@H](O)[C@@H](O[C@H]4O[C@H](CO)[C@@H](O[C@@H]5O[C@H](CO)[C@@H](O)[C@H](O)[C@H]5NC(C)=O)[C@H](O)[C@@H]4O[C@@H]4O[C@H](CO)[C@@H](O)[C@H](O)[C@H]4NC(C)=O)[C@@H]3O)[C@@H](O[C@@H]3O[C@H](CO)[C@@H](O)[C@H](O)[C@H]3NC(C)=O)[C@@H](O)[C@@H]2O)O[C@H](CO)[C@@H](O)[C@@H]1O. The van der Waals surface area contributed by atoms with Crippen LogP contribution in [0.5, 0.6) is 0 Å². The minimum Gasteiger partial charge on any atom is -0.394 e. The molecule has 0 bridgehead atoms. The summed E-state index contributed by atoms with van der Waals surface area (Å²) in [5, 5.41) is 246. The van der Waals surface area contributed by atoms with Crippen LogP contribution in [0.4, 0.5) is 0 Å². The molecule has 0 saturated carbocycles. The van der Waals surface area contributed by atoms with Gasteiger partial charge in [0.1, 0.15) is 195 Å². The van der Waals surface area contributed by atoms with Gasteiger partial charge in [-0.15, -0.1) is 0 Å². The van der Waals surface area contributed by atoms with E-state index < -0.39 is 328 Å². The van der Waals surface area contributed by atoms with E-state index >= 15 is 0 Å². The summed E-state index contributed by atoms with van der Waals surface area (Å²) in [7, 11) is 0. The van der Waals surface area contributed by atoms with E-state index in [9.17, 15) is 131 Å². The first-order chi connectivity index (χ1) is 49.1. The van der Waals surface area contributed by atoms with Crippen LogP contribution < -0.4 is 26.6 Å². The molecule has 600 valence electrons. The quantitative estimate of drug-likeness (QED) is 0.0363. The standard InChI is InChI=1S/C58H97N5O41/c1-14(70)59-27-42(85)46(23(10-68)92-51(27)89)101-56-45(88)48(102-58-50(104-55-31(63-18(5)74)41(84)35(78)22(9-67)96-55)44(87)47(24(11-69)97-58)100-53-29(61-16(3)72)39(82)33(76)20(7-65)94-53)37(80)26(98-56)13-91-57-49(103-54-30(62-17(4)73)40(83)34(77)21(8-66)95-54)43(86)36(79)25(99-57)12-90-52-28(60-15(2)71)38(81)32(75)19(6-64)93-52/h19-58,64-69,75-89H,6-13H2,1-5H3,(H,59,70)(H,60,71)(H,61,72)(H,62,73)(H,63,74)/t19-,20-,21-,22-,23-,24-,25-,26-,27-,28-,29-,30-,31-,32-,33-,34-,35-,36-,37-,38-,39-,40-,41-,42-,43+,44+,45+,46-,47-,48+,49+,50+,51?,52-,53+,54+,55+,56+,57+,58-/m1/s1. The molecular weight excluding hydrogens is 1420 g/mol. The lowest BCUT2D eigenvalue weighted by Gasteiger charge is -2.51. The molecule has 0 radical (unpaired) electrons. The Morgan fingerprint density at radius 2 is 0.529 bits per heavy atom. The first-order valence-electron chi connectivity index (χ1n) is 33.1. The van der Waals surface area contributed by atoms with Crippen LogP contribution in [0.15, 0.2) is 0 Å². The molecule has 8 aliphatic rings. The van der Waals surface area contributed by atoms with E-state index in [-0.39, 0.29) is 0 Å². The Hall–Kier alpha value is -4.09. The molecule has 8 rings (SSSR count). The van der Waals surface area contributed by atoms with Gasteiger partial charge in [-0.1, -0.05) is 0 Å². The molecule has 8 fully saturated rings. The van der Waals surface area contributed by atoms with Crippen LogP contribution in [0.3, 0.4) is 0 Å². The Balaban J connectivity index is 1.20. The molecule has 0 aliphatic carbocycles. The number of rotatable bonds is 27. The summed E-state index contributed by atoms with van der Waals surface area (Å²) < 4.78 is 89.8. The van der Waals surface area contributed by atoms with Crippen LogP contribution in [0.1, 0.15) is 34.6 Å². The van der Waals surface area contributed by atoms with Crippen molar-refractivity contribution in [3.05, 3.63) is 0 Å². The molecule has 1 unspecified atom stereocenters. The van der Waals surface area contributed by atoms with Gasteiger partial charge >= 0.3 is 0 Å². The molecule has 8 heterocycles. The van der Waals surface area contributed by atoms with Crippen LogP contribution in [-0.4, -0.2) is 435 Å². The van der Waals surface area contributed by atoms with Gasteiger partial charge in [0.05, 0.1) is 52.9 Å². The fourth-order valence-electron chi connectivity index (χ4n) is 13.3. The molecule has 5 amide bonds. The number of nitrogens with one attached hydrogen (secondary N) is 5. The normalized spacial score (nSPS) is 47.2. The zero-order valence-electron chi connectivity index (χ0n) is 56.3. The summed E-state index contributed by atoms with van der Waals surface area (Å²) >= 11 is 0.